The van der Waals surface area contributed by atoms with E-state index in [1.165, 1.54) is 11.8 Å². The van der Waals surface area contributed by atoms with Crippen LogP contribution in [-0.2, 0) is 4.79 Å². The number of thioether (sulfide) groups is 1. The van der Waals surface area contributed by atoms with Crippen LogP contribution in [-0.4, -0.2) is 30.6 Å². The molecule has 1 fully saturated rings. The van der Waals surface area contributed by atoms with Gasteiger partial charge in [-0.2, -0.15) is 0 Å². The smallest absolute Gasteiger partial charge is 0.263 e. The molecule has 1 aliphatic heterocycles. The van der Waals surface area contributed by atoms with E-state index in [0.717, 1.165) is 21.3 Å². The first-order valence-corrected chi connectivity index (χ1v) is 10.4. The van der Waals surface area contributed by atoms with Crippen molar-refractivity contribution in [1.29, 1.82) is 0 Å². The van der Waals surface area contributed by atoms with Crippen molar-refractivity contribution in [3.63, 3.8) is 0 Å². The maximum Gasteiger partial charge on any atom is 0.263 e. The summed E-state index contributed by atoms with van der Waals surface area (Å²) in [6.07, 6.45) is 1.76. The van der Waals surface area contributed by atoms with Gasteiger partial charge in [0.1, 0.15) is 23.3 Å². The highest BCUT2D eigenvalue weighted by Gasteiger charge is 2.22. The number of hydrogen-bond donors (Lipinski definition) is 1. The predicted molar refractivity (Wildman–Crippen MR) is 119 cm³/mol. The van der Waals surface area contributed by atoms with Crippen LogP contribution in [0.15, 0.2) is 45.8 Å². The Morgan fingerprint density at radius 3 is 2.61 bits per heavy atom. The first-order valence-electron chi connectivity index (χ1n) is 8.41. The molecule has 28 heavy (non-hydrogen) atoms. The number of carbonyl (C=O) groups excluding carboxylic acids is 1. The number of para-hydroxylation sites is 1. The number of halogens is 1. The van der Waals surface area contributed by atoms with Gasteiger partial charge in [-0.3, -0.25) is 4.79 Å². The van der Waals surface area contributed by atoms with Crippen molar-refractivity contribution in [2.24, 2.45) is 0 Å². The van der Waals surface area contributed by atoms with E-state index in [2.05, 4.69) is 21.2 Å². The van der Waals surface area contributed by atoms with E-state index in [-0.39, 0.29) is 5.91 Å². The van der Waals surface area contributed by atoms with Crippen molar-refractivity contribution in [2.75, 3.05) is 20.3 Å². The maximum absolute atomic E-state index is 11.8. The Morgan fingerprint density at radius 1 is 1.18 bits per heavy atom. The molecule has 0 atom stereocenters. The van der Waals surface area contributed by atoms with E-state index in [9.17, 15) is 4.79 Å². The maximum atomic E-state index is 11.8. The molecule has 5 nitrogen and oxygen atoms in total. The highest BCUT2D eigenvalue weighted by molar-refractivity contribution is 9.10. The van der Waals surface area contributed by atoms with E-state index in [0.29, 0.717) is 33.9 Å². The minimum Gasteiger partial charge on any atom is -0.493 e. The molecular formula is C20H18BrNO4S2. The summed E-state index contributed by atoms with van der Waals surface area (Å²) < 4.78 is 18.2. The van der Waals surface area contributed by atoms with Gasteiger partial charge in [-0.25, -0.2) is 0 Å². The zero-order chi connectivity index (χ0) is 20.1. The predicted octanol–water partition coefficient (Wildman–Crippen LogP) is 4.71. The zero-order valence-corrected chi connectivity index (χ0v) is 18.5. The van der Waals surface area contributed by atoms with Crippen LogP contribution >= 0.6 is 39.9 Å². The standard InChI is InChI=1S/C20H18BrNO4S2/c1-12-5-3-4-6-15(12)25-7-8-26-18-14(21)9-13(10-16(18)24-2)11-17-19(23)22-20(27)28-17/h3-6,9-11H,7-8H2,1-2H3,(H,22,23,27)/b17-11-. The average molecular weight is 480 g/mol. The van der Waals surface area contributed by atoms with Crippen molar-refractivity contribution in [3.8, 4) is 17.2 Å². The van der Waals surface area contributed by atoms with Crippen molar-refractivity contribution >= 4 is 56.2 Å². The molecule has 8 heteroatoms. The summed E-state index contributed by atoms with van der Waals surface area (Å²) in [5, 5.41) is 2.60. The molecule has 0 spiro atoms. The number of rotatable bonds is 7. The fourth-order valence-electron chi connectivity index (χ4n) is 2.55. The molecule has 1 heterocycles. The van der Waals surface area contributed by atoms with Crippen LogP contribution in [0.2, 0.25) is 0 Å². The van der Waals surface area contributed by atoms with Crippen LogP contribution in [0, 0.1) is 6.92 Å². The molecule has 0 aliphatic carbocycles. The summed E-state index contributed by atoms with van der Waals surface area (Å²) in [4.78, 5) is 12.4. The van der Waals surface area contributed by atoms with Crippen LogP contribution in [0.3, 0.4) is 0 Å². The van der Waals surface area contributed by atoms with Gasteiger partial charge in [-0.05, 0) is 58.3 Å². The summed E-state index contributed by atoms with van der Waals surface area (Å²) in [6.45, 7) is 2.76. The van der Waals surface area contributed by atoms with Crippen LogP contribution in [0.1, 0.15) is 11.1 Å². The molecule has 1 N–H and O–H groups in total. The molecule has 146 valence electrons. The molecular weight excluding hydrogens is 462 g/mol. The monoisotopic (exact) mass is 479 g/mol. The van der Waals surface area contributed by atoms with Crippen LogP contribution in [0.4, 0.5) is 0 Å². The zero-order valence-electron chi connectivity index (χ0n) is 15.3. The van der Waals surface area contributed by atoms with E-state index < -0.39 is 0 Å². The molecule has 0 aromatic heterocycles. The van der Waals surface area contributed by atoms with Crippen LogP contribution in [0.25, 0.3) is 6.08 Å². The molecule has 2 aromatic carbocycles. The summed E-state index contributed by atoms with van der Waals surface area (Å²) in [6, 6.07) is 11.5. The summed E-state index contributed by atoms with van der Waals surface area (Å²) in [5.41, 5.74) is 1.88. The van der Waals surface area contributed by atoms with Gasteiger partial charge >= 0.3 is 0 Å². The van der Waals surface area contributed by atoms with Crippen LogP contribution in [0.5, 0.6) is 17.2 Å². The van der Waals surface area contributed by atoms with Gasteiger partial charge in [-0.1, -0.05) is 42.2 Å². The molecule has 2 aromatic rings. The highest BCUT2D eigenvalue weighted by atomic mass is 79.9. The van der Waals surface area contributed by atoms with Crippen molar-refractivity contribution < 1.29 is 19.0 Å². The number of thiocarbonyl (C=S) groups is 1. The molecule has 0 radical (unpaired) electrons. The molecule has 1 aliphatic rings. The van der Waals surface area contributed by atoms with Gasteiger partial charge in [-0.15, -0.1) is 0 Å². The lowest BCUT2D eigenvalue weighted by Crippen LogP contribution is -2.17. The Morgan fingerprint density at radius 2 is 1.93 bits per heavy atom. The fraction of sp³-hybridized carbons (Fsp3) is 0.200. The second-order valence-electron chi connectivity index (χ2n) is 5.85. The van der Waals surface area contributed by atoms with E-state index in [1.54, 1.807) is 13.2 Å². The lowest BCUT2D eigenvalue weighted by Gasteiger charge is -2.14. The topological polar surface area (TPSA) is 56.8 Å². The van der Waals surface area contributed by atoms with E-state index in [1.807, 2.05) is 43.3 Å². The van der Waals surface area contributed by atoms with Crippen LogP contribution < -0.4 is 19.5 Å². The Bertz CT molecular complexity index is 946. The first-order chi connectivity index (χ1) is 13.5. The van der Waals surface area contributed by atoms with Crippen molar-refractivity contribution in [3.05, 3.63) is 56.9 Å². The van der Waals surface area contributed by atoms with Gasteiger partial charge in [0.05, 0.1) is 16.5 Å². The summed E-state index contributed by atoms with van der Waals surface area (Å²) in [5.74, 6) is 1.78. The number of carbonyl (C=O) groups is 1. The second kappa shape index (κ2) is 9.45. The average Bonchev–Trinajstić information content (AvgIpc) is 2.98. The molecule has 0 unspecified atom stereocenters. The SMILES string of the molecule is COc1cc(/C=C2\SC(=S)NC2=O)cc(Br)c1OCCOc1ccccc1C. The molecule has 3 rings (SSSR count). The lowest BCUT2D eigenvalue weighted by molar-refractivity contribution is -0.115. The Balaban J connectivity index is 1.68. The van der Waals surface area contributed by atoms with Gasteiger partial charge in [0.2, 0.25) is 0 Å². The number of methoxy groups -OCH3 is 1. The lowest BCUT2D eigenvalue weighted by atomic mass is 10.2. The van der Waals surface area contributed by atoms with Gasteiger partial charge < -0.3 is 19.5 Å². The van der Waals surface area contributed by atoms with Crippen molar-refractivity contribution in [1.82, 2.24) is 5.32 Å². The number of ether oxygens (including phenoxy) is 3. The highest BCUT2D eigenvalue weighted by Crippen LogP contribution is 2.38. The molecule has 1 amide bonds. The van der Waals surface area contributed by atoms with Gasteiger partial charge in [0.25, 0.3) is 5.91 Å². The second-order valence-corrected chi connectivity index (χ2v) is 8.42. The molecule has 1 saturated heterocycles. The fourth-order valence-corrected chi connectivity index (χ4v) is 4.17. The number of benzene rings is 2. The Labute approximate surface area is 181 Å². The normalized spacial score (nSPS) is 14.9. The third-order valence-corrected chi connectivity index (χ3v) is 5.62. The summed E-state index contributed by atoms with van der Waals surface area (Å²) in [7, 11) is 1.57. The number of amides is 1. The number of nitrogens with one attached hydrogen (secondary N) is 1. The Kier molecular flexibility index (Phi) is 6.98. The number of hydrogen-bond acceptors (Lipinski definition) is 6. The number of aryl methyl sites for hydroxylation is 1. The largest absolute Gasteiger partial charge is 0.493 e. The third-order valence-electron chi connectivity index (χ3n) is 3.87. The van der Waals surface area contributed by atoms with Crippen molar-refractivity contribution in [2.45, 2.75) is 6.92 Å². The Hall–Kier alpha value is -2.03. The third kappa shape index (κ3) is 5.06. The quantitative estimate of drug-likeness (QED) is 0.352. The minimum absolute atomic E-state index is 0.196. The summed E-state index contributed by atoms with van der Waals surface area (Å²) >= 11 is 9.76. The van der Waals surface area contributed by atoms with Gasteiger partial charge in [0, 0.05) is 0 Å². The molecule has 0 bridgehead atoms. The molecule has 0 saturated carbocycles. The first kappa shape index (κ1) is 20.7. The van der Waals surface area contributed by atoms with Gasteiger partial charge in [0.15, 0.2) is 11.5 Å². The minimum atomic E-state index is -0.196. The van der Waals surface area contributed by atoms with E-state index >= 15 is 0 Å². The van der Waals surface area contributed by atoms with E-state index in [4.69, 9.17) is 26.4 Å².